The van der Waals surface area contributed by atoms with E-state index in [-0.39, 0.29) is 35.7 Å². The molecule has 1 aromatic rings. The molecule has 178 valence electrons. The fraction of sp³-hybridized carbons (Fsp3) is 0.593. The van der Waals surface area contributed by atoms with Crippen molar-refractivity contribution in [3.8, 4) is 0 Å². The number of aliphatic hydroxyl groups is 1. The summed E-state index contributed by atoms with van der Waals surface area (Å²) < 4.78 is 19.0. The lowest BCUT2D eigenvalue weighted by Gasteiger charge is -2.62. The molecule has 1 N–H and O–H groups in total. The average Bonchev–Trinajstić information content (AvgIpc) is 3.10. The average molecular weight is 517 g/mol. The summed E-state index contributed by atoms with van der Waals surface area (Å²) >= 11 is 3.55. The first-order valence-corrected chi connectivity index (χ1v) is 12.8. The number of esters is 1. The molecule has 4 aliphatic rings. The SMILES string of the molecule is C=C1CC[C@H]2[C@@](C)(CCC3OC(c4cccc(Br)c4)OC[C@]32C)[C@@H]1C/C=C1/C(=O)OC[C@H]1O. The first-order chi connectivity index (χ1) is 15.7. The Balaban J connectivity index is 1.38. The van der Waals surface area contributed by atoms with E-state index in [0.29, 0.717) is 24.5 Å². The fourth-order valence-electron chi connectivity index (χ4n) is 7.02. The Morgan fingerprint density at radius 1 is 1.27 bits per heavy atom. The van der Waals surface area contributed by atoms with Gasteiger partial charge in [-0.05, 0) is 61.5 Å². The van der Waals surface area contributed by atoms with Crippen LogP contribution in [0.25, 0.3) is 0 Å². The van der Waals surface area contributed by atoms with Crippen LogP contribution in [-0.4, -0.2) is 36.5 Å². The molecule has 7 atom stereocenters. The molecule has 4 fully saturated rings. The molecule has 1 aromatic carbocycles. The van der Waals surface area contributed by atoms with E-state index in [9.17, 15) is 9.90 Å². The normalized spacial score (nSPS) is 42.1. The van der Waals surface area contributed by atoms with E-state index in [2.05, 4.69) is 48.5 Å². The Hall–Kier alpha value is -1.47. The van der Waals surface area contributed by atoms with Gasteiger partial charge in [0.2, 0.25) is 0 Å². The topological polar surface area (TPSA) is 65.0 Å². The van der Waals surface area contributed by atoms with Gasteiger partial charge in [0.05, 0.1) is 18.3 Å². The van der Waals surface area contributed by atoms with E-state index in [1.807, 2.05) is 18.2 Å². The highest BCUT2D eigenvalue weighted by molar-refractivity contribution is 9.10. The highest BCUT2D eigenvalue weighted by atomic mass is 79.9. The molecule has 5 nitrogen and oxygen atoms in total. The third-order valence-corrected chi connectivity index (χ3v) is 9.30. The molecule has 2 aliphatic carbocycles. The molecule has 33 heavy (non-hydrogen) atoms. The summed E-state index contributed by atoms with van der Waals surface area (Å²) in [6.07, 6.45) is 5.66. The third-order valence-electron chi connectivity index (χ3n) is 8.81. The van der Waals surface area contributed by atoms with Gasteiger partial charge < -0.3 is 19.3 Å². The van der Waals surface area contributed by atoms with Gasteiger partial charge in [-0.15, -0.1) is 0 Å². The molecule has 2 unspecified atom stereocenters. The van der Waals surface area contributed by atoms with Crippen molar-refractivity contribution in [2.45, 2.75) is 64.4 Å². The van der Waals surface area contributed by atoms with Crippen LogP contribution in [0.1, 0.15) is 57.8 Å². The van der Waals surface area contributed by atoms with Crippen LogP contribution in [0, 0.1) is 22.7 Å². The molecule has 0 aromatic heterocycles. The van der Waals surface area contributed by atoms with Crippen molar-refractivity contribution in [1.82, 2.24) is 0 Å². The minimum Gasteiger partial charge on any atom is -0.459 e. The van der Waals surface area contributed by atoms with Gasteiger partial charge in [-0.2, -0.15) is 0 Å². The first-order valence-electron chi connectivity index (χ1n) is 12.0. The number of fused-ring (bicyclic) bond motifs is 3. The van der Waals surface area contributed by atoms with Crippen molar-refractivity contribution in [1.29, 1.82) is 0 Å². The number of aliphatic hydroxyl groups excluding tert-OH is 1. The van der Waals surface area contributed by atoms with Crippen molar-refractivity contribution in [3.05, 3.63) is 58.1 Å². The van der Waals surface area contributed by atoms with Crippen LogP contribution in [0.4, 0.5) is 0 Å². The zero-order valence-electron chi connectivity index (χ0n) is 19.4. The zero-order chi connectivity index (χ0) is 23.4. The predicted molar refractivity (Wildman–Crippen MR) is 128 cm³/mol. The number of allylic oxidation sites excluding steroid dienone is 2. The number of carbonyl (C=O) groups excluding carboxylic acids is 1. The Kier molecular flexibility index (Phi) is 6.09. The molecule has 2 aliphatic heterocycles. The van der Waals surface area contributed by atoms with E-state index in [1.165, 1.54) is 5.57 Å². The Bertz CT molecular complexity index is 988. The van der Waals surface area contributed by atoms with Crippen LogP contribution >= 0.6 is 15.9 Å². The molecule has 0 bridgehead atoms. The third kappa shape index (κ3) is 3.93. The maximum atomic E-state index is 12.0. The summed E-state index contributed by atoms with van der Waals surface area (Å²) in [5.41, 5.74) is 2.66. The molecular weight excluding hydrogens is 484 g/mol. The van der Waals surface area contributed by atoms with Gasteiger partial charge >= 0.3 is 5.97 Å². The number of ether oxygens (including phenoxy) is 3. The fourth-order valence-corrected chi connectivity index (χ4v) is 7.44. The van der Waals surface area contributed by atoms with Crippen molar-refractivity contribution >= 4 is 21.9 Å². The van der Waals surface area contributed by atoms with Crippen molar-refractivity contribution in [3.63, 3.8) is 0 Å². The van der Waals surface area contributed by atoms with Crippen LogP contribution in [0.2, 0.25) is 0 Å². The molecule has 0 amide bonds. The molecule has 2 saturated heterocycles. The Labute approximate surface area is 204 Å². The summed E-state index contributed by atoms with van der Waals surface area (Å²) in [6, 6.07) is 8.15. The number of cyclic esters (lactones) is 1. The van der Waals surface area contributed by atoms with E-state index >= 15 is 0 Å². The number of carbonyl (C=O) groups is 1. The van der Waals surface area contributed by atoms with E-state index in [1.54, 1.807) is 0 Å². The number of hydrogen-bond acceptors (Lipinski definition) is 5. The first kappa shape index (κ1) is 23.3. The van der Waals surface area contributed by atoms with Gasteiger partial charge in [0.1, 0.15) is 12.7 Å². The summed E-state index contributed by atoms with van der Waals surface area (Å²) in [5.74, 6) is 0.292. The second-order valence-corrected chi connectivity index (χ2v) is 11.6. The van der Waals surface area contributed by atoms with Gasteiger partial charge in [0.25, 0.3) is 0 Å². The van der Waals surface area contributed by atoms with Crippen LogP contribution in [0.3, 0.4) is 0 Å². The molecule has 2 heterocycles. The standard InChI is InChI=1S/C27H33BrO5/c1-16-7-10-22-26(2,20(16)9-8-19-21(29)14-31-24(19)30)12-11-23-27(22,3)15-32-25(33-23)17-5-4-6-18(28)13-17/h4-6,8,13,20-23,25,29H,1,7,9-12,14-15H2,2-3H3/b19-8+/t20-,21-,22+,23?,25?,26+,27+/m1/s1. The minimum absolute atomic E-state index is 0.0421. The molecular formula is C27H33BrO5. The van der Waals surface area contributed by atoms with Crippen molar-refractivity contribution < 1.29 is 24.1 Å². The summed E-state index contributed by atoms with van der Waals surface area (Å²) in [7, 11) is 0. The van der Waals surface area contributed by atoms with Crippen molar-refractivity contribution in [2.75, 3.05) is 13.2 Å². The minimum atomic E-state index is -0.818. The second kappa shape index (κ2) is 8.63. The maximum Gasteiger partial charge on any atom is 0.336 e. The summed E-state index contributed by atoms with van der Waals surface area (Å²) in [4.78, 5) is 12.0. The number of benzene rings is 1. The smallest absolute Gasteiger partial charge is 0.336 e. The lowest BCUT2D eigenvalue weighted by Crippen LogP contribution is -2.60. The number of rotatable bonds is 3. The number of hydrogen-bond donors (Lipinski definition) is 1. The van der Waals surface area contributed by atoms with E-state index in [0.717, 1.165) is 35.7 Å². The largest absolute Gasteiger partial charge is 0.459 e. The van der Waals surface area contributed by atoms with Crippen LogP contribution in [0.15, 0.2) is 52.5 Å². The van der Waals surface area contributed by atoms with Crippen LogP contribution < -0.4 is 0 Å². The van der Waals surface area contributed by atoms with Gasteiger partial charge in [-0.3, -0.25) is 0 Å². The highest BCUT2D eigenvalue weighted by Gasteiger charge is 2.60. The quantitative estimate of drug-likeness (QED) is 0.327. The summed E-state index contributed by atoms with van der Waals surface area (Å²) in [6.45, 7) is 9.87. The maximum absolute atomic E-state index is 12.0. The van der Waals surface area contributed by atoms with E-state index < -0.39 is 12.1 Å². The molecule has 6 heteroatoms. The van der Waals surface area contributed by atoms with Crippen molar-refractivity contribution in [2.24, 2.45) is 22.7 Å². The molecule has 0 spiro atoms. The van der Waals surface area contributed by atoms with Gasteiger partial charge in [0.15, 0.2) is 6.29 Å². The lowest BCUT2D eigenvalue weighted by molar-refractivity contribution is -0.307. The second-order valence-electron chi connectivity index (χ2n) is 10.7. The van der Waals surface area contributed by atoms with Crippen LogP contribution in [0.5, 0.6) is 0 Å². The Morgan fingerprint density at radius 3 is 2.82 bits per heavy atom. The van der Waals surface area contributed by atoms with Crippen LogP contribution in [-0.2, 0) is 19.0 Å². The molecule has 5 rings (SSSR count). The predicted octanol–water partition coefficient (Wildman–Crippen LogP) is 5.49. The monoisotopic (exact) mass is 516 g/mol. The lowest BCUT2D eigenvalue weighted by atomic mass is 9.46. The highest BCUT2D eigenvalue weighted by Crippen LogP contribution is 2.63. The molecule has 2 saturated carbocycles. The zero-order valence-corrected chi connectivity index (χ0v) is 21.0. The number of halogens is 1. The summed E-state index contributed by atoms with van der Waals surface area (Å²) in [5, 5.41) is 10.1. The van der Waals surface area contributed by atoms with Gasteiger partial charge in [0, 0.05) is 15.5 Å². The van der Waals surface area contributed by atoms with E-state index in [4.69, 9.17) is 14.2 Å². The molecule has 0 radical (unpaired) electrons. The Morgan fingerprint density at radius 2 is 2.09 bits per heavy atom. The van der Waals surface area contributed by atoms with Gasteiger partial charge in [-0.25, -0.2) is 4.79 Å². The van der Waals surface area contributed by atoms with Gasteiger partial charge in [-0.1, -0.05) is 60.1 Å².